The van der Waals surface area contributed by atoms with E-state index in [0.717, 1.165) is 0 Å². The molecule has 0 aliphatic heterocycles. The van der Waals surface area contributed by atoms with Crippen LogP contribution in [0.1, 0.15) is 41.5 Å². The van der Waals surface area contributed by atoms with Gasteiger partial charge in [0.1, 0.15) is 0 Å². The lowest BCUT2D eigenvalue weighted by molar-refractivity contribution is -0.118. The summed E-state index contributed by atoms with van der Waals surface area (Å²) in [6.07, 6.45) is 0. The molecule has 0 bridgehead atoms. The van der Waals surface area contributed by atoms with E-state index < -0.39 is 5.97 Å². The van der Waals surface area contributed by atoms with E-state index in [1.54, 1.807) is 69.3 Å². The van der Waals surface area contributed by atoms with Crippen LogP contribution in [0.4, 0.5) is 11.4 Å². The Balaban J connectivity index is 1.91. The molecule has 0 aliphatic rings. The number of thiocarbonyl (C=S) groups is 1. The lowest BCUT2D eigenvalue weighted by atomic mass is 10.1. The molecule has 2 amide bonds. The monoisotopic (exact) mass is 413 g/mol. The largest absolute Gasteiger partial charge is 0.462 e. The summed E-state index contributed by atoms with van der Waals surface area (Å²) in [7, 11) is 0. The Hall–Kier alpha value is -3.26. The highest BCUT2D eigenvalue weighted by atomic mass is 32.1. The number of hydrogen-bond donors (Lipinski definition) is 3. The van der Waals surface area contributed by atoms with Gasteiger partial charge >= 0.3 is 5.97 Å². The van der Waals surface area contributed by atoms with Gasteiger partial charge in [-0.3, -0.25) is 14.9 Å². The maximum atomic E-state index is 12.3. The molecule has 152 valence electrons. The number of benzene rings is 2. The number of ether oxygens (including phenoxy) is 1. The third-order valence-electron chi connectivity index (χ3n) is 3.82. The minimum atomic E-state index is -0.400. The van der Waals surface area contributed by atoms with Crippen LogP contribution in [0.2, 0.25) is 0 Å². The molecule has 29 heavy (non-hydrogen) atoms. The third kappa shape index (κ3) is 6.69. The van der Waals surface area contributed by atoms with Gasteiger partial charge in [-0.05, 0) is 67.7 Å². The van der Waals surface area contributed by atoms with Gasteiger partial charge in [-0.2, -0.15) is 0 Å². The van der Waals surface area contributed by atoms with Crippen molar-refractivity contribution in [2.24, 2.45) is 5.92 Å². The molecule has 0 radical (unpaired) electrons. The molecule has 2 aromatic carbocycles. The number of anilines is 2. The molecule has 8 heteroatoms. The second-order valence-electron chi connectivity index (χ2n) is 6.43. The predicted molar refractivity (Wildman–Crippen MR) is 116 cm³/mol. The molecule has 0 saturated heterocycles. The quantitative estimate of drug-likeness (QED) is 0.495. The summed E-state index contributed by atoms with van der Waals surface area (Å²) in [6.45, 7) is 5.65. The molecule has 0 atom stereocenters. The van der Waals surface area contributed by atoms with Gasteiger partial charge in [0.15, 0.2) is 5.11 Å². The van der Waals surface area contributed by atoms with Gasteiger partial charge in [-0.1, -0.05) is 13.8 Å². The van der Waals surface area contributed by atoms with E-state index in [4.69, 9.17) is 17.0 Å². The first-order valence-corrected chi connectivity index (χ1v) is 9.51. The van der Waals surface area contributed by atoms with Crippen molar-refractivity contribution in [2.45, 2.75) is 20.8 Å². The first-order chi connectivity index (χ1) is 13.8. The number of rotatable bonds is 6. The Morgan fingerprint density at radius 3 is 1.93 bits per heavy atom. The van der Waals surface area contributed by atoms with Gasteiger partial charge < -0.3 is 15.4 Å². The molecule has 0 spiro atoms. The number of amides is 2. The van der Waals surface area contributed by atoms with Gasteiger partial charge in [0.2, 0.25) is 5.91 Å². The van der Waals surface area contributed by atoms with Crippen molar-refractivity contribution in [3.05, 3.63) is 59.7 Å². The topological polar surface area (TPSA) is 96.5 Å². The normalized spacial score (nSPS) is 10.2. The SMILES string of the molecule is CCOC(=O)c1ccc(NC(=S)NC(=O)c2ccc(NC(=O)C(C)C)cc2)cc1. The molecule has 2 aromatic rings. The number of carbonyl (C=O) groups is 3. The van der Waals surface area contributed by atoms with Crippen molar-refractivity contribution in [1.82, 2.24) is 5.32 Å². The molecule has 0 unspecified atom stereocenters. The highest BCUT2D eigenvalue weighted by Crippen LogP contribution is 2.12. The maximum Gasteiger partial charge on any atom is 0.338 e. The molecular weight excluding hydrogens is 390 g/mol. The van der Waals surface area contributed by atoms with Crippen LogP contribution in [0.15, 0.2) is 48.5 Å². The van der Waals surface area contributed by atoms with Gasteiger partial charge in [0.25, 0.3) is 5.91 Å². The van der Waals surface area contributed by atoms with E-state index in [1.165, 1.54) is 0 Å². The lowest BCUT2D eigenvalue weighted by Gasteiger charge is -2.11. The highest BCUT2D eigenvalue weighted by molar-refractivity contribution is 7.80. The fourth-order valence-corrected chi connectivity index (χ4v) is 2.44. The molecule has 2 rings (SSSR count). The smallest absolute Gasteiger partial charge is 0.338 e. The molecular formula is C21H23N3O4S. The average Bonchev–Trinajstić information content (AvgIpc) is 2.69. The number of esters is 1. The maximum absolute atomic E-state index is 12.3. The van der Waals surface area contributed by atoms with Crippen LogP contribution in [0.5, 0.6) is 0 Å². The summed E-state index contributed by atoms with van der Waals surface area (Å²) in [5, 5.41) is 8.35. The van der Waals surface area contributed by atoms with Crippen LogP contribution < -0.4 is 16.0 Å². The molecule has 0 aromatic heterocycles. The summed E-state index contributed by atoms with van der Waals surface area (Å²) < 4.78 is 4.93. The van der Waals surface area contributed by atoms with Gasteiger partial charge in [0, 0.05) is 22.9 Å². The van der Waals surface area contributed by atoms with E-state index in [9.17, 15) is 14.4 Å². The second-order valence-corrected chi connectivity index (χ2v) is 6.84. The van der Waals surface area contributed by atoms with E-state index >= 15 is 0 Å². The molecule has 7 nitrogen and oxygen atoms in total. The average molecular weight is 413 g/mol. The first-order valence-electron chi connectivity index (χ1n) is 9.10. The van der Waals surface area contributed by atoms with Crippen LogP contribution >= 0.6 is 12.2 Å². The first kappa shape index (κ1) is 22.0. The third-order valence-corrected chi connectivity index (χ3v) is 4.02. The van der Waals surface area contributed by atoms with Crippen LogP contribution in [0, 0.1) is 5.92 Å². The van der Waals surface area contributed by atoms with Crippen LogP contribution in [0.3, 0.4) is 0 Å². The minimum absolute atomic E-state index is 0.0958. The molecule has 0 aliphatic carbocycles. The summed E-state index contributed by atoms with van der Waals surface area (Å²) in [6, 6.07) is 13.0. The van der Waals surface area contributed by atoms with Crippen molar-refractivity contribution in [1.29, 1.82) is 0 Å². The summed E-state index contributed by atoms with van der Waals surface area (Å²) in [5.74, 6) is -1.01. The van der Waals surface area contributed by atoms with Gasteiger partial charge in [-0.15, -0.1) is 0 Å². The van der Waals surface area contributed by atoms with E-state index in [2.05, 4.69) is 16.0 Å². The number of hydrogen-bond acceptors (Lipinski definition) is 5. The Labute approximate surface area is 174 Å². The minimum Gasteiger partial charge on any atom is -0.462 e. The highest BCUT2D eigenvalue weighted by Gasteiger charge is 2.11. The van der Waals surface area contributed by atoms with Crippen LogP contribution in [-0.2, 0) is 9.53 Å². The standard InChI is InChI=1S/C21H23N3O4S/c1-4-28-20(27)15-7-11-17(12-8-15)23-21(29)24-19(26)14-5-9-16(10-6-14)22-18(25)13(2)3/h5-13H,4H2,1-3H3,(H,22,25)(H2,23,24,26,29). The fourth-order valence-electron chi connectivity index (χ4n) is 2.23. The van der Waals surface area contributed by atoms with Crippen LogP contribution in [0.25, 0.3) is 0 Å². The predicted octanol–water partition coefficient (Wildman–Crippen LogP) is 3.58. The van der Waals surface area contributed by atoms with Gasteiger partial charge in [-0.25, -0.2) is 4.79 Å². The number of carbonyl (C=O) groups excluding carboxylic acids is 3. The Kier molecular flexibility index (Phi) is 7.85. The van der Waals surface area contributed by atoms with Crippen LogP contribution in [-0.4, -0.2) is 29.5 Å². The zero-order valence-corrected chi connectivity index (χ0v) is 17.3. The summed E-state index contributed by atoms with van der Waals surface area (Å²) in [5.41, 5.74) is 2.06. The van der Waals surface area contributed by atoms with E-state index in [1.807, 2.05) is 0 Å². The van der Waals surface area contributed by atoms with Gasteiger partial charge in [0.05, 0.1) is 12.2 Å². The Morgan fingerprint density at radius 2 is 1.41 bits per heavy atom. The molecule has 0 fully saturated rings. The molecule has 0 heterocycles. The van der Waals surface area contributed by atoms with Crippen molar-refractivity contribution in [3.8, 4) is 0 Å². The van der Waals surface area contributed by atoms with Crippen molar-refractivity contribution < 1.29 is 19.1 Å². The summed E-state index contributed by atoms with van der Waals surface area (Å²) in [4.78, 5) is 35.7. The van der Waals surface area contributed by atoms with E-state index in [-0.39, 0.29) is 22.8 Å². The van der Waals surface area contributed by atoms with Crippen molar-refractivity contribution in [3.63, 3.8) is 0 Å². The zero-order valence-electron chi connectivity index (χ0n) is 16.4. The molecule has 0 saturated carbocycles. The zero-order chi connectivity index (χ0) is 21.4. The Morgan fingerprint density at radius 1 is 0.897 bits per heavy atom. The van der Waals surface area contributed by atoms with Crippen molar-refractivity contribution >= 4 is 46.5 Å². The van der Waals surface area contributed by atoms with Crippen molar-refractivity contribution in [2.75, 3.05) is 17.2 Å². The lowest BCUT2D eigenvalue weighted by Crippen LogP contribution is -2.34. The summed E-state index contributed by atoms with van der Waals surface area (Å²) >= 11 is 5.16. The second kappa shape index (κ2) is 10.3. The fraction of sp³-hybridized carbons (Fsp3) is 0.238. The number of nitrogens with one attached hydrogen (secondary N) is 3. The Bertz CT molecular complexity index is 893. The van der Waals surface area contributed by atoms with E-state index in [0.29, 0.717) is 29.1 Å². The molecule has 3 N–H and O–H groups in total.